The number of carbonyl (C=O) groups excluding carboxylic acids is 2. The molecule has 0 radical (unpaired) electrons. The van der Waals surface area contributed by atoms with E-state index in [0.29, 0.717) is 24.3 Å². The van der Waals surface area contributed by atoms with Gasteiger partial charge in [0.25, 0.3) is 5.91 Å². The Balaban J connectivity index is 1.79. The summed E-state index contributed by atoms with van der Waals surface area (Å²) in [5.74, 6) is 0.593. The van der Waals surface area contributed by atoms with Crippen LogP contribution in [0.1, 0.15) is 69.2 Å². The summed E-state index contributed by atoms with van der Waals surface area (Å²) in [6.07, 6.45) is 7.32. The molecule has 0 bridgehead atoms. The Bertz CT molecular complexity index is 755. The molecule has 0 saturated carbocycles. The van der Waals surface area contributed by atoms with Crippen molar-refractivity contribution in [2.45, 2.75) is 58.8 Å². The van der Waals surface area contributed by atoms with Gasteiger partial charge in [-0.2, -0.15) is 0 Å². The van der Waals surface area contributed by atoms with Gasteiger partial charge in [0.1, 0.15) is 5.75 Å². The van der Waals surface area contributed by atoms with Crippen LogP contribution in [0.4, 0.5) is 11.4 Å². The minimum atomic E-state index is -0.182. The van der Waals surface area contributed by atoms with E-state index in [9.17, 15) is 9.59 Å². The molecular weight excluding hydrogens is 364 g/mol. The highest BCUT2D eigenvalue weighted by atomic mass is 16.5. The summed E-state index contributed by atoms with van der Waals surface area (Å²) in [6.45, 7) is 4.87. The zero-order chi connectivity index (χ0) is 20.9. The van der Waals surface area contributed by atoms with Crippen LogP contribution in [0.15, 0.2) is 48.5 Å². The topological polar surface area (TPSA) is 67.4 Å². The van der Waals surface area contributed by atoms with Crippen molar-refractivity contribution in [2.75, 3.05) is 17.2 Å². The third-order valence-corrected chi connectivity index (χ3v) is 4.54. The number of benzene rings is 2. The van der Waals surface area contributed by atoms with Crippen molar-refractivity contribution in [2.24, 2.45) is 0 Å². The molecule has 5 nitrogen and oxygen atoms in total. The third kappa shape index (κ3) is 8.38. The first-order valence-electron chi connectivity index (χ1n) is 10.6. The second kappa shape index (κ2) is 12.6. The molecule has 0 aliphatic rings. The maximum absolute atomic E-state index is 12.4. The molecule has 0 aliphatic carbocycles. The lowest BCUT2D eigenvalue weighted by Crippen LogP contribution is -2.12. The van der Waals surface area contributed by atoms with Gasteiger partial charge in [-0.3, -0.25) is 9.59 Å². The Hall–Kier alpha value is -2.82. The highest BCUT2D eigenvalue weighted by Crippen LogP contribution is 2.17. The summed E-state index contributed by atoms with van der Waals surface area (Å²) in [5.41, 5.74) is 1.97. The lowest BCUT2D eigenvalue weighted by molar-refractivity contribution is -0.116. The highest BCUT2D eigenvalue weighted by molar-refractivity contribution is 6.04. The van der Waals surface area contributed by atoms with Gasteiger partial charge < -0.3 is 15.4 Å². The van der Waals surface area contributed by atoms with Crippen molar-refractivity contribution in [1.29, 1.82) is 0 Å². The summed E-state index contributed by atoms with van der Waals surface area (Å²) in [6, 6.07) is 14.3. The summed E-state index contributed by atoms with van der Waals surface area (Å²) >= 11 is 0. The number of ether oxygens (including phenoxy) is 1. The Morgan fingerprint density at radius 3 is 2.00 bits per heavy atom. The first-order valence-corrected chi connectivity index (χ1v) is 10.6. The van der Waals surface area contributed by atoms with Crippen LogP contribution >= 0.6 is 0 Å². The molecule has 0 spiro atoms. The lowest BCUT2D eigenvalue weighted by Gasteiger charge is -2.09. The summed E-state index contributed by atoms with van der Waals surface area (Å²) < 4.78 is 5.74. The van der Waals surface area contributed by atoms with Gasteiger partial charge in [0.15, 0.2) is 0 Å². The van der Waals surface area contributed by atoms with Crippen LogP contribution in [0.5, 0.6) is 5.75 Å². The van der Waals surface area contributed by atoms with E-state index in [4.69, 9.17) is 4.74 Å². The lowest BCUT2D eigenvalue weighted by atomic mass is 10.1. The molecule has 0 atom stereocenters. The van der Waals surface area contributed by atoms with E-state index in [1.807, 2.05) is 19.1 Å². The van der Waals surface area contributed by atoms with Crippen LogP contribution in [-0.4, -0.2) is 18.4 Å². The minimum Gasteiger partial charge on any atom is -0.494 e. The maximum atomic E-state index is 12.4. The molecule has 0 fully saturated rings. The standard InChI is InChI=1S/C24H32N2O3/c1-3-5-6-7-8-18-29-22-16-10-19(11-17-22)24(28)26-21-14-12-20(13-15-21)25-23(27)9-4-2/h10-17H,3-9,18H2,1-2H3,(H,25,27)(H,26,28). The first kappa shape index (κ1) is 22.5. The highest BCUT2D eigenvalue weighted by Gasteiger charge is 2.07. The second-order valence-corrected chi connectivity index (χ2v) is 7.12. The number of hydrogen-bond donors (Lipinski definition) is 2. The zero-order valence-corrected chi connectivity index (χ0v) is 17.5. The summed E-state index contributed by atoms with van der Waals surface area (Å²) in [5, 5.41) is 5.69. The molecule has 0 aliphatic heterocycles. The molecule has 29 heavy (non-hydrogen) atoms. The van der Waals surface area contributed by atoms with E-state index in [1.54, 1.807) is 36.4 Å². The molecule has 2 aromatic rings. The predicted molar refractivity (Wildman–Crippen MR) is 119 cm³/mol. The van der Waals surface area contributed by atoms with Crippen LogP contribution in [-0.2, 0) is 4.79 Å². The molecule has 0 heterocycles. The molecular formula is C24H32N2O3. The molecule has 0 saturated heterocycles. The monoisotopic (exact) mass is 396 g/mol. The number of rotatable bonds is 12. The van der Waals surface area contributed by atoms with Gasteiger partial charge in [0, 0.05) is 23.4 Å². The van der Waals surface area contributed by atoms with Crippen molar-refractivity contribution in [3.05, 3.63) is 54.1 Å². The molecule has 0 unspecified atom stereocenters. The van der Waals surface area contributed by atoms with E-state index < -0.39 is 0 Å². The van der Waals surface area contributed by atoms with Gasteiger partial charge in [0.2, 0.25) is 5.91 Å². The normalized spacial score (nSPS) is 10.4. The number of nitrogens with one attached hydrogen (secondary N) is 2. The maximum Gasteiger partial charge on any atom is 0.255 e. The van der Waals surface area contributed by atoms with E-state index in [1.165, 1.54) is 25.7 Å². The molecule has 0 aromatic heterocycles. The summed E-state index contributed by atoms with van der Waals surface area (Å²) in [7, 11) is 0. The van der Waals surface area contributed by atoms with E-state index in [0.717, 1.165) is 24.3 Å². The number of anilines is 2. The van der Waals surface area contributed by atoms with Crippen molar-refractivity contribution in [1.82, 2.24) is 0 Å². The van der Waals surface area contributed by atoms with Crippen LogP contribution in [0.3, 0.4) is 0 Å². The number of carbonyl (C=O) groups is 2. The number of hydrogen-bond acceptors (Lipinski definition) is 3. The average molecular weight is 397 g/mol. The molecule has 2 aromatic carbocycles. The smallest absolute Gasteiger partial charge is 0.255 e. The largest absolute Gasteiger partial charge is 0.494 e. The van der Waals surface area contributed by atoms with E-state index in [2.05, 4.69) is 17.6 Å². The second-order valence-electron chi connectivity index (χ2n) is 7.12. The zero-order valence-electron chi connectivity index (χ0n) is 17.5. The third-order valence-electron chi connectivity index (χ3n) is 4.54. The van der Waals surface area contributed by atoms with Gasteiger partial charge in [-0.05, 0) is 61.4 Å². The van der Waals surface area contributed by atoms with Gasteiger partial charge in [0.05, 0.1) is 6.61 Å². The Kier molecular flexibility index (Phi) is 9.76. The molecule has 2 amide bonds. The van der Waals surface area contributed by atoms with Crippen LogP contribution in [0.25, 0.3) is 0 Å². The van der Waals surface area contributed by atoms with Crippen LogP contribution in [0, 0.1) is 0 Å². The fourth-order valence-electron chi connectivity index (χ4n) is 2.89. The van der Waals surface area contributed by atoms with Gasteiger partial charge >= 0.3 is 0 Å². The van der Waals surface area contributed by atoms with Crippen molar-refractivity contribution in [3.8, 4) is 5.75 Å². The van der Waals surface area contributed by atoms with Gasteiger partial charge in [-0.15, -0.1) is 0 Å². The minimum absolute atomic E-state index is 0.00689. The SMILES string of the molecule is CCCCCCCOc1ccc(C(=O)Nc2ccc(NC(=O)CCC)cc2)cc1. The molecule has 2 rings (SSSR count). The van der Waals surface area contributed by atoms with Gasteiger partial charge in [-0.25, -0.2) is 0 Å². The molecule has 2 N–H and O–H groups in total. The van der Waals surface area contributed by atoms with Crippen LogP contribution in [0.2, 0.25) is 0 Å². The molecule has 5 heteroatoms. The average Bonchev–Trinajstić information content (AvgIpc) is 2.72. The first-order chi connectivity index (χ1) is 14.1. The number of amides is 2. The molecule has 156 valence electrons. The van der Waals surface area contributed by atoms with Crippen LogP contribution < -0.4 is 15.4 Å². The Morgan fingerprint density at radius 2 is 1.38 bits per heavy atom. The Morgan fingerprint density at radius 1 is 0.759 bits per heavy atom. The van der Waals surface area contributed by atoms with Crippen molar-refractivity contribution >= 4 is 23.2 Å². The van der Waals surface area contributed by atoms with E-state index in [-0.39, 0.29) is 11.8 Å². The van der Waals surface area contributed by atoms with E-state index >= 15 is 0 Å². The number of unbranched alkanes of at least 4 members (excludes halogenated alkanes) is 4. The fourth-order valence-corrected chi connectivity index (χ4v) is 2.89. The van der Waals surface area contributed by atoms with Crippen molar-refractivity contribution in [3.63, 3.8) is 0 Å². The predicted octanol–water partition coefficient (Wildman–Crippen LogP) is 6.03. The fraction of sp³-hybridized carbons (Fsp3) is 0.417. The van der Waals surface area contributed by atoms with Crippen molar-refractivity contribution < 1.29 is 14.3 Å². The quantitative estimate of drug-likeness (QED) is 0.431. The Labute approximate surface area is 173 Å². The summed E-state index contributed by atoms with van der Waals surface area (Å²) in [4.78, 5) is 24.0. The van der Waals surface area contributed by atoms with Gasteiger partial charge in [-0.1, -0.05) is 39.5 Å².